The lowest BCUT2D eigenvalue weighted by atomic mass is 9.96. The first kappa shape index (κ1) is 27.7. The molecule has 0 aliphatic carbocycles. The maximum absolute atomic E-state index is 13.7. The van der Waals surface area contributed by atoms with Gasteiger partial charge < -0.3 is 15.2 Å². The third-order valence-corrected chi connectivity index (χ3v) is 4.98. The molecule has 0 saturated heterocycles. The van der Waals surface area contributed by atoms with Gasteiger partial charge in [0.2, 0.25) is 0 Å². The molecule has 0 unspecified atom stereocenters. The first-order valence-corrected chi connectivity index (χ1v) is 10.6. The summed E-state index contributed by atoms with van der Waals surface area (Å²) < 4.78 is 85.5. The number of aliphatic hydroxyl groups is 1. The summed E-state index contributed by atoms with van der Waals surface area (Å²) in [5.74, 6) is -1.18. The molecule has 200 valence electrons. The quantitative estimate of drug-likeness (QED) is 0.357. The Hall–Kier alpha value is -3.88. The van der Waals surface area contributed by atoms with Crippen molar-refractivity contribution in [3.05, 3.63) is 58.9 Å². The molecular weight excluding hydrogens is 510 g/mol. The molecule has 0 aliphatic heterocycles. The van der Waals surface area contributed by atoms with Crippen LogP contribution in [0, 0.1) is 5.82 Å². The summed E-state index contributed by atoms with van der Waals surface area (Å²) in [6.45, 7) is 2.07. The molecule has 0 saturated carbocycles. The zero-order valence-corrected chi connectivity index (χ0v) is 19.7. The van der Waals surface area contributed by atoms with E-state index in [9.17, 15) is 36.2 Å². The molecule has 1 aromatic carbocycles. The Labute approximate surface area is 206 Å². The summed E-state index contributed by atoms with van der Waals surface area (Å²) in [6, 6.07) is 1.47. The molecule has 2 amide bonds. The van der Waals surface area contributed by atoms with Crippen LogP contribution in [0.25, 0.3) is 0 Å². The number of aromatic nitrogens is 4. The van der Waals surface area contributed by atoms with Gasteiger partial charge in [0.15, 0.2) is 5.69 Å². The van der Waals surface area contributed by atoms with Crippen LogP contribution < -0.4 is 15.0 Å². The molecule has 2 heterocycles. The highest BCUT2D eigenvalue weighted by Gasteiger charge is 2.39. The van der Waals surface area contributed by atoms with Crippen LogP contribution in [-0.2, 0) is 19.1 Å². The number of nitrogens with one attached hydrogen (secondary N) is 2. The minimum absolute atomic E-state index is 0.00754. The highest BCUT2D eigenvalue weighted by molar-refractivity contribution is 6.01. The second-order valence-corrected chi connectivity index (χ2v) is 8.50. The summed E-state index contributed by atoms with van der Waals surface area (Å²) in [5, 5.41) is 18.1. The molecule has 0 radical (unpaired) electrons. The monoisotopic (exact) mass is 532 g/mol. The molecule has 2 aromatic heterocycles. The van der Waals surface area contributed by atoms with Crippen molar-refractivity contribution in [2.45, 2.75) is 45.0 Å². The number of anilines is 2. The van der Waals surface area contributed by atoms with Crippen LogP contribution in [0.15, 0.2) is 30.6 Å². The normalized spacial score (nSPS) is 12.1. The van der Waals surface area contributed by atoms with E-state index >= 15 is 0 Å². The second-order valence-electron chi connectivity index (χ2n) is 8.50. The van der Waals surface area contributed by atoms with Crippen LogP contribution in [0.1, 0.15) is 42.8 Å². The first-order valence-electron chi connectivity index (χ1n) is 10.6. The van der Waals surface area contributed by atoms with E-state index in [1.807, 2.05) is 0 Å². The Morgan fingerprint density at radius 3 is 2.41 bits per heavy atom. The van der Waals surface area contributed by atoms with Gasteiger partial charge in [-0.3, -0.25) is 10.00 Å². The van der Waals surface area contributed by atoms with E-state index in [0.717, 1.165) is 35.5 Å². The average molecular weight is 532 g/mol. The maximum Gasteiger partial charge on any atom is 0.435 e. The number of halogens is 6. The van der Waals surface area contributed by atoms with Gasteiger partial charge in [0, 0.05) is 17.7 Å². The SMILES string of the molecule is COc1ncc(N(Cc2[nH]nc(C(F)(F)F)c2CC(C)(C)O)C(=O)Nc2ccc(F)c(C(F)F)c2)cn1. The summed E-state index contributed by atoms with van der Waals surface area (Å²) in [7, 11) is 1.29. The van der Waals surface area contributed by atoms with E-state index in [1.165, 1.54) is 21.0 Å². The number of methoxy groups -OCH3 is 1. The number of benzene rings is 1. The highest BCUT2D eigenvalue weighted by atomic mass is 19.4. The number of aromatic amines is 1. The molecule has 0 fully saturated rings. The van der Waals surface area contributed by atoms with Gasteiger partial charge in [0.05, 0.1) is 48.6 Å². The molecule has 3 rings (SSSR count). The number of rotatable bonds is 8. The van der Waals surface area contributed by atoms with Crippen LogP contribution >= 0.6 is 0 Å². The van der Waals surface area contributed by atoms with Crippen molar-refractivity contribution in [2.75, 3.05) is 17.3 Å². The van der Waals surface area contributed by atoms with Crippen molar-refractivity contribution in [3.63, 3.8) is 0 Å². The Balaban J connectivity index is 2.02. The van der Waals surface area contributed by atoms with Crippen LogP contribution in [0.5, 0.6) is 6.01 Å². The third kappa shape index (κ3) is 6.87. The number of hydrogen-bond acceptors (Lipinski definition) is 6. The van der Waals surface area contributed by atoms with E-state index in [1.54, 1.807) is 0 Å². The van der Waals surface area contributed by atoms with Gasteiger partial charge in [-0.2, -0.15) is 18.3 Å². The number of carbonyl (C=O) groups is 1. The lowest BCUT2D eigenvalue weighted by Gasteiger charge is -2.24. The van der Waals surface area contributed by atoms with Crippen LogP contribution in [-0.4, -0.2) is 44.0 Å². The van der Waals surface area contributed by atoms with E-state index in [0.29, 0.717) is 0 Å². The minimum atomic E-state index is -4.86. The molecule has 0 atom stereocenters. The predicted octanol–water partition coefficient (Wildman–Crippen LogP) is 4.86. The number of H-pyrrole nitrogens is 1. The standard InChI is InChI=1S/C22H22F6N6O3/c1-21(2,36)7-14-16(32-33-17(14)22(26,27)28)10-34(12-8-29-19(37-3)30-9-12)20(35)31-11-4-5-15(23)13(6-11)18(24)25/h4-6,8-9,18,36H,7,10H2,1-3H3,(H,31,35)(H,32,33). The van der Waals surface area contributed by atoms with Crippen LogP contribution in [0.2, 0.25) is 0 Å². The van der Waals surface area contributed by atoms with E-state index in [-0.39, 0.29) is 28.6 Å². The average Bonchev–Trinajstić information content (AvgIpc) is 3.19. The topological polar surface area (TPSA) is 116 Å². The molecule has 3 N–H and O–H groups in total. The second kappa shape index (κ2) is 10.6. The number of ether oxygens (including phenoxy) is 1. The number of carbonyl (C=O) groups excluding carboxylic acids is 1. The third-order valence-electron chi connectivity index (χ3n) is 4.98. The van der Waals surface area contributed by atoms with Crippen molar-refractivity contribution < 1.29 is 41.0 Å². The first-order chi connectivity index (χ1) is 17.2. The van der Waals surface area contributed by atoms with Gasteiger partial charge in [-0.25, -0.2) is 27.9 Å². The summed E-state index contributed by atoms with van der Waals surface area (Å²) in [5.41, 5.74) is -4.52. The molecule has 0 aliphatic rings. The lowest BCUT2D eigenvalue weighted by Crippen LogP contribution is -2.35. The van der Waals surface area contributed by atoms with Gasteiger partial charge in [0.25, 0.3) is 6.43 Å². The van der Waals surface area contributed by atoms with Crippen molar-refractivity contribution in [1.29, 1.82) is 0 Å². The highest BCUT2D eigenvalue weighted by Crippen LogP contribution is 2.34. The number of urea groups is 1. The van der Waals surface area contributed by atoms with Gasteiger partial charge in [0.1, 0.15) is 5.82 Å². The Morgan fingerprint density at radius 1 is 1.22 bits per heavy atom. The van der Waals surface area contributed by atoms with Crippen molar-refractivity contribution in [2.24, 2.45) is 0 Å². The molecule has 3 aromatic rings. The maximum atomic E-state index is 13.7. The molecule has 0 spiro atoms. The summed E-state index contributed by atoms with van der Waals surface area (Å²) in [4.78, 5) is 21.8. The fourth-order valence-corrected chi connectivity index (χ4v) is 3.36. The summed E-state index contributed by atoms with van der Waals surface area (Å²) in [6.07, 6.45) is -6.17. The Bertz CT molecular complexity index is 1240. The number of alkyl halides is 5. The largest absolute Gasteiger partial charge is 0.467 e. The molecule has 9 nitrogen and oxygen atoms in total. The van der Waals surface area contributed by atoms with Crippen molar-refractivity contribution in [3.8, 4) is 6.01 Å². The predicted molar refractivity (Wildman–Crippen MR) is 119 cm³/mol. The van der Waals surface area contributed by atoms with Gasteiger partial charge in [-0.1, -0.05) is 0 Å². The fraction of sp³-hybridized carbons (Fsp3) is 0.364. The van der Waals surface area contributed by atoms with E-state index in [2.05, 4.69) is 25.5 Å². The van der Waals surface area contributed by atoms with Crippen molar-refractivity contribution >= 4 is 17.4 Å². The number of hydrogen-bond donors (Lipinski definition) is 3. The molecule has 37 heavy (non-hydrogen) atoms. The minimum Gasteiger partial charge on any atom is -0.467 e. The van der Waals surface area contributed by atoms with Gasteiger partial charge in [-0.05, 0) is 32.0 Å². The zero-order valence-electron chi connectivity index (χ0n) is 19.7. The lowest BCUT2D eigenvalue weighted by molar-refractivity contribution is -0.142. The fourth-order valence-electron chi connectivity index (χ4n) is 3.36. The van der Waals surface area contributed by atoms with Crippen LogP contribution in [0.3, 0.4) is 0 Å². The van der Waals surface area contributed by atoms with E-state index < -0.39 is 54.3 Å². The Kier molecular flexibility index (Phi) is 7.95. The van der Waals surface area contributed by atoms with Gasteiger partial charge in [-0.15, -0.1) is 0 Å². The molecule has 0 bridgehead atoms. The van der Waals surface area contributed by atoms with Gasteiger partial charge >= 0.3 is 18.2 Å². The Morgan fingerprint density at radius 2 is 1.86 bits per heavy atom. The van der Waals surface area contributed by atoms with E-state index in [4.69, 9.17) is 4.74 Å². The number of nitrogens with zero attached hydrogens (tertiary/aromatic N) is 4. The van der Waals surface area contributed by atoms with Crippen molar-refractivity contribution in [1.82, 2.24) is 20.2 Å². The van der Waals surface area contributed by atoms with Crippen LogP contribution in [0.4, 0.5) is 42.5 Å². The zero-order chi connectivity index (χ0) is 27.5. The summed E-state index contributed by atoms with van der Waals surface area (Å²) >= 11 is 0. The smallest absolute Gasteiger partial charge is 0.435 e. The molecular formula is C22H22F6N6O3. The molecule has 15 heteroatoms. The number of amides is 2.